The molecule has 0 bridgehead atoms. The van der Waals surface area contributed by atoms with Crippen LogP contribution in [0.2, 0.25) is 0 Å². The summed E-state index contributed by atoms with van der Waals surface area (Å²) in [4.78, 5) is 11.8. The topological polar surface area (TPSA) is 41.1 Å². The Morgan fingerprint density at radius 1 is 1.42 bits per heavy atom. The SMILES string of the molecule is CNCC(C)C(=O)NC(C)Cc1ccc(F)c(Br)c1. The second-order valence-electron chi connectivity index (χ2n) is 4.82. The van der Waals surface area contributed by atoms with Gasteiger partial charge in [-0.3, -0.25) is 4.79 Å². The highest BCUT2D eigenvalue weighted by atomic mass is 79.9. The maximum Gasteiger partial charge on any atom is 0.224 e. The molecule has 0 fully saturated rings. The van der Waals surface area contributed by atoms with E-state index >= 15 is 0 Å². The summed E-state index contributed by atoms with van der Waals surface area (Å²) in [6, 6.07) is 4.93. The van der Waals surface area contributed by atoms with E-state index in [1.165, 1.54) is 6.07 Å². The number of benzene rings is 1. The Morgan fingerprint density at radius 3 is 2.68 bits per heavy atom. The average molecular weight is 331 g/mol. The average Bonchev–Trinajstić information content (AvgIpc) is 2.34. The first kappa shape index (κ1) is 16.1. The van der Waals surface area contributed by atoms with E-state index in [2.05, 4.69) is 26.6 Å². The van der Waals surface area contributed by atoms with Crippen LogP contribution in [0, 0.1) is 11.7 Å². The Hall–Kier alpha value is -0.940. The van der Waals surface area contributed by atoms with Gasteiger partial charge in [-0.05, 0) is 54.0 Å². The fourth-order valence-electron chi connectivity index (χ4n) is 1.86. The fourth-order valence-corrected chi connectivity index (χ4v) is 2.28. The Balaban J connectivity index is 2.52. The van der Waals surface area contributed by atoms with Crippen molar-refractivity contribution < 1.29 is 9.18 Å². The maximum atomic E-state index is 13.1. The van der Waals surface area contributed by atoms with Crippen molar-refractivity contribution in [3.8, 4) is 0 Å². The number of amides is 1. The third-order valence-corrected chi connectivity index (χ3v) is 3.48. The molecule has 1 rings (SSSR count). The molecule has 0 aliphatic rings. The van der Waals surface area contributed by atoms with Gasteiger partial charge in [0.15, 0.2) is 0 Å². The number of hydrogen-bond donors (Lipinski definition) is 2. The summed E-state index contributed by atoms with van der Waals surface area (Å²) in [5, 5.41) is 5.94. The quantitative estimate of drug-likeness (QED) is 0.841. The third kappa shape index (κ3) is 5.28. The number of carbonyl (C=O) groups is 1. The normalized spacial score (nSPS) is 13.9. The van der Waals surface area contributed by atoms with E-state index in [-0.39, 0.29) is 23.7 Å². The molecule has 0 saturated heterocycles. The second-order valence-corrected chi connectivity index (χ2v) is 5.68. The molecule has 1 aromatic rings. The first-order valence-corrected chi connectivity index (χ1v) is 7.12. The molecule has 0 aliphatic heterocycles. The Bertz CT molecular complexity index is 439. The molecule has 2 N–H and O–H groups in total. The number of hydrogen-bond acceptors (Lipinski definition) is 2. The molecule has 3 nitrogen and oxygen atoms in total. The summed E-state index contributed by atoms with van der Waals surface area (Å²) in [6.07, 6.45) is 0.677. The zero-order valence-corrected chi connectivity index (χ0v) is 13.1. The van der Waals surface area contributed by atoms with Crippen LogP contribution < -0.4 is 10.6 Å². The van der Waals surface area contributed by atoms with E-state index in [1.807, 2.05) is 20.9 Å². The van der Waals surface area contributed by atoms with Crippen LogP contribution in [0.1, 0.15) is 19.4 Å². The number of halogens is 2. The predicted octanol–water partition coefficient (Wildman–Crippen LogP) is 2.49. The molecule has 5 heteroatoms. The molecular formula is C14H20BrFN2O. The summed E-state index contributed by atoms with van der Waals surface area (Å²) >= 11 is 3.16. The molecule has 0 radical (unpaired) electrons. The van der Waals surface area contributed by atoms with Crippen molar-refractivity contribution in [3.05, 3.63) is 34.1 Å². The number of nitrogens with one attached hydrogen (secondary N) is 2. The van der Waals surface area contributed by atoms with Crippen LogP contribution in [0.15, 0.2) is 22.7 Å². The van der Waals surface area contributed by atoms with E-state index in [4.69, 9.17) is 0 Å². The summed E-state index contributed by atoms with van der Waals surface area (Å²) < 4.78 is 13.6. The van der Waals surface area contributed by atoms with Gasteiger partial charge in [0, 0.05) is 18.5 Å². The lowest BCUT2D eigenvalue weighted by Gasteiger charge is -2.17. The molecule has 19 heavy (non-hydrogen) atoms. The number of rotatable bonds is 6. The molecule has 0 spiro atoms. The second kappa shape index (κ2) is 7.60. The van der Waals surface area contributed by atoms with Crippen LogP contribution in [-0.4, -0.2) is 25.5 Å². The largest absolute Gasteiger partial charge is 0.353 e. The molecule has 2 unspecified atom stereocenters. The van der Waals surface area contributed by atoms with Gasteiger partial charge in [-0.25, -0.2) is 4.39 Å². The summed E-state index contributed by atoms with van der Waals surface area (Å²) in [5.74, 6) is -0.307. The lowest BCUT2D eigenvalue weighted by molar-refractivity contribution is -0.124. The van der Waals surface area contributed by atoms with Crippen LogP contribution in [-0.2, 0) is 11.2 Å². The van der Waals surface area contributed by atoms with Crippen molar-refractivity contribution in [1.82, 2.24) is 10.6 Å². The molecule has 1 amide bonds. The fraction of sp³-hybridized carbons (Fsp3) is 0.500. The summed E-state index contributed by atoms with van der Waals surface area (Å²) in [6.45, 7) is 4.48. The van der Waals surface area contributed by atoms with E-state index in [1.54, 1.807) is 12.1 Å². The van der Waals surface area contributed by atoms with E-state index in [9.17, 15) is 9.18 Å². The number of carbonyl (C=O) groups excluding carboxylic acids is 1. The van der Waals surface area contributed by atoms with Gasteiger partial charge in [-0.15, -0.1) is 0 Å². The minimum Gasteiger partial charge on any atom is -0.353 e. The van der Waals surface area contributed by atoms with Crippen molar-refractivity contribution in [2.45, 2.75) is 26.3 Å². The molecule has 0 aliphatic carbocycles. The van der Waals surface area contributed by atoms with E-state index in [0.717, 1.165) is 5.56 Å². The van der Waals surface area contributed by atoms with Gasteiger partial charge >= 0.3 is 0 Å². The molecular weight excluding hydrogens is 311 g/mol. The van der Waals surface area contributed by atoms with Crippen molar-refractivity contribution >= 4 is 21.8 Å². The zero-order valence-electron chi connectivity index (χ0n) is 11.5. The molecule has 2 atom stereocenters. The molecule has 0 heterocycles. The third-order valence-electron chi connectivity index (χ3n) is 2.87. The van der Waals surface area contributed by atoms with E-state index in [0.29, 0.717) is 17.4 Å². The minimum atomic E-state index is -0.275. The monoisotopic (exact) mass is 330 g/mol. The van der Waals surface area contributed by atoms with Gasteiger partial charge in [0.1, 0.15) is 5.82 Å². The predicted molar refractivity (Wildman–Crippen MR) is 78.5 cm³/mol. The van der Waals surface area contributed by atoms with Crippen LogP contribution in [0.25, 0.3) is 0 Å². The van der Waals surface area contributed by atoms with Crippen molar-refractivity contribution in [2.75, 3.05) is 13.6 Å². The minimum absolute atomic E-state index is 0.0177. The van der Waals surface area contributed by atoms with Crippen molar-refractivity contribution in [3.63, 3.8) is 0 Å². The van der Waals surface area contributed by atoms with Gasteiger partial charge in [0.25, 0.3) is 0 Å². The van der Waals surface area contributed by atoms with E-state index < -0.39 is 0 Å². The van der Waals surface area contributed by atoms with Crippen LogP contribution in [0.3, 0.4) is 0 Å². The summed E-state index contributed by atoms with van der Waals surface area (Å²) in [7, 11) is 1.82. The van der Waals surface area contributed by atoms with Crippen LogP contribution >= 0.6 is 15.9 Å². The first-order chi connectivity index (χ1) is 8.93. The van der Waals surface area contributed by atoms with Crippen LogP contribution in [0.4, 0.5) is 4.39 Å². The van der Waals surface area contributed by atoms with Gasteiger partial charge in [-0.1, -0.05) is 13.0 Å². The Labute approximate surface area is 122 Å². The maximum absolute atomic E-state index is 13.1. The lowest BCUT2D eigenvalue weighted by atomic mass is 10.1. The molecule has 0 saturated carbocycles. The smallest absolute Gasteiger partial charge is 0.224 e. The molecule has 0 aromatic heterocycles. The highest BCUT2D eigenvalue weighted by Gasteiger charge is 2.14. The first-order valence-electron chi connectivity index (χ1n) is 6.33. The van der Waals surface area contributed by atoms with Gasteiger partial charge in [0.2, 0.25) is 5.91 Å². The van der Waals surface area contributed by atoms with Crippen molar-refractivity contribution in [1.29, 1.82) is 0 Å². The van der Waals surface area contributed by atoms with Crippen LogP contribution in [0.5, 0.6) is 0 Å². The molecule has 1 aromatic carbocycles. The van der Waals surface area contributed by atoms with Gasteiger partial charge in [0.05, 0.1) is 4.47 Å². The highest BCUT2D eigenvalue weighted by Crippen LogP contribution is 2.17. The Kier molecular flexibility index (Phi) is 6.45. The lowest BCUT2D eigenvalue weighted by Crippen LogP contribution is -2.40. The zero-order chi connectivity index (χ0) is 14.4. The highest BCUT2D eigenvalue weighted by molar-refractivity contribution is 9.10. The van der Waals surface area contributed by atoms with Gasteiger partial charge < -0.3 is 10.6 Å². The summed E-state index contributed by atoms with van der Waals surface area (Å²) in [5.41, 5.74) is 0.988. The Morgan fingerprint density at radius 2 is 2.11 bits per heavy atom. The van der Waals surface area contributed by atoms with Gasteiger partial charge in [-0.2, -0.15) is 0 Å². The standard InChI is InChI=1S/C14H20BrFN2O/c1-9(8-17-3)14(19)18-10(2)6-11-4-5-13(16)12(15)7-11/h4-5,7,9-10,17H,6,8H2,1-3H3,(H,18,19). The molecule has 106 valence electrons. The van der Waals surface area contributed by atoms with Crippen molar-refractivity contribution in [2.24, 2.45) is 5.92 Å².